The number of rotatable bonds is 7. The predicted octanol–water partition coefficient (Wildman–Crippen LogP) is 4.53. The fourth-order valence-electron chi connectivity index (χ4n) is 2.95. The zero-order valence-electron chi connectivity index (χ0n) is 18.0. The maximum atomic E-state index is 12.6. The molecule has 0 bridgehead atoms. The first-order valence-corrected chi connectivity index (χ1v) is 11.5. The third kappa shape index (κ3) is 5.53. The molecule has 1 amide bonds. The van der Waals surface area contributed by atoms with Gasteiger partial charge in [0.2, 0.25) is 0 Å². The third-order valence-electron chi connectivity index (χ3n) is 4.72. The van der Waals surface area contributed by atoms with Gasteiger partial charge < -0.3 is 10.1 Å². The van der Waals surface area contributed by atoms with Crippen molar-refractivity contribution in [1.82, 2.24) is 0 Å². The number of sulfonamides is 1. The van der Waals surface area contributed by atoms with Gasteiger partial charge in [0, 0.05) is 11.3 Å². The van der Waals surface area contributed by atoms with E-state index in [0.717, 1.165) is 5.56 Å². The van der Waals surface area contributed by atoms with Crippen molar-refractivity contribution in [3.8, 4) is 0 Å². The van der Waals surface area contributed by atoms with E-state index in [1.807, 2.05) is 6.92 Å². The maximum absolute atomic E-state index is 12.6. The highest BCUT2D eigenvalue weighted by molar-refractivity contribution is 7.92. The SMILES string of the molecule is CCOC(=O)c1ccc(NC(=O)c2ccc(NS(=O)(=O)c3ccc(C)cc3)c(C)c2)cc1. The van der Waals surface area contributed by atoms with Crippen molar-refractivity contribution < 1.29 is 22.7 Å². The second kappa shape index (κ2) is 9.65. The van der Waals surface area contributed by atoms with E-state index in [1.54, 1.807) is 80.6 Å². The Bertz CT molecular complexity index is 1230. The van der Waals surface area contributed by atoms with E-state index in [9.17, 15) is 18.0 Å². The first-order chi connectivity index (χ1) is 15.2. The molecule has 0 atom stereocenters. The van der Waals surface area contributed by atoms with Crippen LogP contribution >= 0.6 is 0 Å². The topological polar surface area (TPSA) is 102 Å². The molecule has 3 aromatic carbocycles. The maximum Gasteiger partial charge on any atom is 0.338 e. The summed E-state index contributed by atoms with van der Waals surface area (Å²) < 4.78 is 32.7. The first kappa shape index (κ1) is 23.0. The van der Waals surface area contributed by atoms with Gasteiger partial charge in [0.25, 0.3) is 15.9 Å². The number of amides is 1. The number of carbonyl (C=O) groups is 2. The average Bonchev–Trinajstić information content (AvgIpc) is 2.76. The highest BCUT2D eigenvalue weighted by Gasteiger charge is 2.16. The number of ether oxygens (including phenoxy) is 1. The molecule has 0 aliphatic heterocycles. The molecule has 3 rings (SSSR count). The van der Waals surface area contributed by atoms with Crippen molar-refractivity contribution in [3.63, 3.8) is 0 Å². The Kier molecular flexibility index (Phi) is 6.95. The lowest BCUT2D eigenvalue weighted by molar-refractivity contribution is 0.0526. The minimum Gasteiger partial charge on any atom is -0.462 e. The monoisotopic (exact) mass is 452 g/mol. The fraction of sp³-hybridized carbons (Fsp3) is 0.167. The summed E-state index contributed by atoms with van der Waals surface area (Å²) in [7, 11) is -3.74. The van der Waals surface area contributed by atoms with Crippen molar-refractivity contribution in [3.05, 3.63) is 89.0 Å². The van der Waals surface area contributed by atoms with E-state index in [1.165, 1.54) is 0 Å². The number of esters is 1. The lowest BCUT2D eigenvalue weighted by Crippen LogP contribution is -2.15. The molecule has 0 aromatic heterocycles. The number of anilines is 2. The summed E-state index contributed by atoms with van der Waals surface area (Å²) in [6, 6.07) is 17.6. The van der Waals surface area contributed by atoms with Crippen molar-refractivity contribution in [2.45, 2.75) is 25.7 Å². The minimum absolute atomic E-state index is 0.163. The van der Waals surface area contributed by atoms with E-state index in [-0.39, 0.29) is 17.4 Å². The summed E-state index contributed by atoms with van der Waals surface area (Å²) in [4.78, 5) is 24.5. The van der Waals surface area contributed by atoms with E-state index in [2.05, 4.69) is 10.0 Å². The smallest absolute Gasteiger partial charge is 0.338 e. The third-order valence-corrected chi connectivity index (χ3v) is 6.10. The van der Waals surface area contributed by atoms with Gasteiger partial charge in [-0.1, -0.05) is 17.7 Å². The molecule has 0 radical (unpaired) electrons. The molecule has 0 saturated heterocycles. The quantitative estimate of drug-likeness (QED) is 0.513. The molecule has 7 nitrogen and oxygen atoms in total. The standard InChI is InChI=1S/C24H24N2O5S/c1-4-31-24(28)18-7-10-20(11-8-18)25-23(27)19-9-14-22(17(3)15-19)26-32(29,30)21-12-5-16(2)6-13-21/h5-15,26H,4H2,1-3H3,(H,25,27). The fourth-order valence-corrected chi connectivity index (χ4v) is 4.08. The zero-order chi connectivity index (χ0) is 23.3. The number of carbonyl (C=O) groups excluding carboxylic acids is 2. The molecule has 0 unspecified atom stereocenters. The molecule has 0 aliphatic rings. The molecular weight excluding hydrogens is 428 g/mol. The van der Waals surface area contributed by atoms with Crippen molar-refractivity contribution >= 4 is 33.3 Å². The van der Waals surface area contributed by atoms with Crippen LogP contribution in [-0.4, -0.2) is 26.9 Å². The predicted molar refractivity (Wildman–Crippen MR) is 124 cm³/mol. The Labute approximate surface area is 187 Å². The second-order valence-electron chi connectivity index (χ2n) is 7.20. The Morgan fingerprint density at radius 2 is 1.50 bits per heavy atom. The molecule has 0 fully saturated rings. The van der Waals surface area contributed by atoms with Gasteiger partial charge in [-0.2, -0.15) is 0 Å². The molecule has 0 heterocycles. The molecular formula is C24H24N2O5S. The van der Waals surface area contributed by atoms with Gasteiger partial charge in [-0.3, -0.25) is 9.52 Å². The van der Waals surface area contributed by atoms with Crippen LogP contribution in [0.4, 0.5) is 11.4 Å². The van der Waals surface area contributed by atoms with Crippen molar-refractivity contribution in [1.29, 1.82) is 0 Å². The van der Waals surface area contributed by atoms with Gasteiger partial charge in [-0.15, -0.1) is 0 Å². The zero-order valence-corrected chi connectivity index (χ0v) is 18.8. The van der Waals surface area contributed by atoms with E-state index >= 15 is 0 Å². The number of aryl methyl sites for hydroxylation is 2. The van der Waals surface area contributed by atoms with Gasteiger partial charge in [0.05, 0.1) is 22.8 Å². The number of nitrogens with one attached hydrogen (secondary N) is 2. The molecule has 8 heteroatoms. The van der Waals surface area contributed by atoms with Crippen LogP contribution in [0.5, 0.6) is 0 Å². The van der Waals surface area contributed by atoms with Gasteiger partial charge in [0.15, 0.2) is 0 Å². The molecule has 3 aromatic rings. The van der Waals surface area contributed by atoms with Crippen LogP contribution in [0.2, 0.25) is 0 Å². The number of hydrogen-bond donors (Lipinski definition) is 2. The van der Waals surface area contributed by atoms with Gasteiger partial charge in [-0.05, 0) is 80.9 Å². The van der Waals surface area contributed by atoms with Crippen LogP contribution in [0.15, 0.2) is 71.6 Å². The van der Waals surface area contributed by atoms with Gasteiger partial charge in [0.1, 0.15) is 0 Å². The Hall–Kier alpha value is -3.65. The Morgan fingerprint density at radius 3 is 2.09 bits per heavy atom. The van der Waals surface area contributed by atoms with E-state index < -0.39 is 16.0 Å². The molecule has 32 heavy (non-hydrogen) atoms. The summed E-state index contributed by atoms with van der Waals surface area (Å²) in [5.41, 5.74) is 3.24. The molecule has 0 saturated carbocycles. The summed E-state index contributed by atoms with van der Waals surface area (Å²) >= 11 is 0. The van der Waals surface area contributed by atoms with Gasteiger partial charge in [-0.25, -0.2) is 13.2 Å². The summed E-state index contributed by atoms with van der Waals surface area (Å²) in [6.07, 6.45) is 0. The van der Waals surface area contributed by atoms with Crippen LogP contribution in [0.3, 0.4) is 0 Å². The first-order valence-electron chi connectivity index (χ1n) is 9.98. The highest BCUT2D eigenvalue weighted by Crippen LogP contribution is 2.22. The van der Waals surface area contributed by atoms with Crippen LogP contribution in [0.25, 0.3) is 0 Å². The summed E-state index contributed by atoms with van der Waals surface area (Å²) in [6.45, 7) is 5.62. The lowest BCUT2D eigenvalue weighted by Gasteiger charge is -2.12. The summed E-state index contributed by atoms with van der Waals surface area (Å²) in [5, 5.41) is 2.75. The normalized spacial score (nSPS) is 11.0. The van der Waals surface area contributed by atoms with Crippen LogP contribution in [0, 0.1) is 13.8 Å². The van der Waals surface area contributed by atoms with Crippen LogP contribution in [0.1, 0.15) is 38.8 Å². The van der Waals surface area contributed by atoms with Crippen molar-refractivity contribution in [2.24, 2.45) is 0 Å². The lowest BCUT2D eigenvalue weighted by atomic mass is 10.1. The highest BCUT2D eigenvalue weighted by atomic mass is 32.2. The average molecular weight is 453 g/mol. The minimum atomic E-state index is -3.74. The second-order valence-corrected chi connectivity index (χ2v) is 8.88. The molecule has 0 aliphatic carbocycles. The summed E-state index contributed by atoms with van der Waals surface area (Å²) in [5.74, 6) is -0.783. The molecule has 166 valence electrons. The number of benzene rings is 3. The number of hydrogen-bond acceptors (Lipinski definition) is 5. The van der Waals surface area contributed by atoms with Crippen LogP contribution < -0.4 is 10.0 Å². The Morgan fingerprint density at radius 1 is 0.875 bits per heavy atom. The molecule has 0 spiro atoms. The van der Waals surface area contributed by atoms with Crippen LogP contribution in [-0.2, 0) is 14.8 Å². The Balaban J connectivity index is 1.71. The van der Waals surface area contributed by atoms with E-state index in [4.69, 9.17) is 4.74 Å². The van der Waals surface area contributed by atoms with E-state index in [0.29, 0.717) is 28.1 Å². The van der Waals surface area contributed by atoms with Gasteiger partial charge >= 0.3 is 5.97 Å². The van der Waals surface area contributed by atoms with Crippen molar-refractivity contribution in [2.75, 3.05) is 16.6 Å². The largest absolute Gasteiger partial charge is 0.462 e. The molecule has 2 N–H and O–H groups in total.